The summed E-state index contributed by atoms with van der Waals surface area (Å²) in [4.78, 5) is 27.5. The molecule has 0 aliphatic carbocycles. The number of fused-ring (bicyclic) bond motifs is 13. The van der Waals surface area contributed by atoms with Crippen molar-refractivity contribution in [3.05, 3.63) is 69.8 Å². The first-order chi connectivity index (χ1) is 18.4. The lowest BCUT2D eigenvalue weighted by Gasteiger charge is -2.21. The van der Waals surface area contributed by atoms with Crippen molar-refractivity contribution in [2.24, 2.45) is 0 Å². The van der Waals surface area contributed by atoms with Crippen LogP contribution in [0.15, 0.2) is 36.4 Å². The third kappa shape index (κ3) is 6.81. The minimum Gasteiger partial charge on any atom is -0.493 e. The van der Waals surface area contributed by atoms with Gasteiger partial charge in [-0.1, -0.05) is 17.7 Å². The smallest absolute Gasteiger partial charge is 0.251 e. The number of hydrogen-bond donors (Lipinski definition) is 3. The van der Waals surface area contributed by atoms with Crippen LogP contribution in [0.1, 0.15) is 46.6 Å². The molecular weight excluding hydrogens is 513 g/mol. The van der Waals surface area contributed by atoms with E-state index >= 15 is 0 Å². The highest BCUT2D eigenvalue weighted by atomic mass is 35.5. The number of carbonyl (C=O) groups excluding carboxylic acids is 2. The Hall–Kier alpha value is -3.63. The minimum atomic E-state index is -0.499. The van der Waals surface area contributed by atoms with E-state index in [9.17, 15) is 14.0 Å². The Morgan fingerprint density at radius 3 is 2.71 bits per heavy atom. The van der Waals surface area contributed by atoms with Gasteiger partial charge in [-0.2, -0.15) is 5.10 Å². The Balaban J connectivity index is 1.56. The summed E-state index contributed by atoms with van der Waals surface area (Å²) >= 11 is 6.37. The zero-order valence-corrected chi connectivity index (χ0v) is 22.2. The van der Waals surface area contributed by atoms with Crippen molar-refractivity contribution >= 4 is 23.4 Å². The topological polar surface area (TPSA) is 109 Å². The second kappa shape index (κ2) is 12.7. The van der Waals surface area contributed by atoms with E-state index in [0.717, 1.165) is 11.4 Å². The number of hydrogen-bond acceptors (Lipinski definition) is 6. The molecule has 0 spiro atoms. The van der Waals surface area contributed by atoms with Gasteiger partial charge in [0.15, 0.2) is 11.5 Å². The van der Waals surface area contributed by atoms with Gasteiger partial charge in [0, 0.05) is 43.7 Å². The lowest BCUT2D eigenvalue weighted by Crippen LogP contribution is -2.31. The lowest BCUT2D eigenvalue weighted by atomic mass is 10.1. The molecule has 2 aliphatic rings. The number of amides is 2. The van der Waals surface area contributed by atoms with Gasteiger partial charge in [-0.3, -0.25) is 19.6 Å². The molecule has 11 heteroatoms. The van der Waals surface area contributed by atoms with Gasteiger partial charge in [-0.05, 0) is 56.6 Å². The van der Waals surface area contributed by atoms with E-state index < -0.39 is 5.82 Å². The average Bonchev–Trinajstić information content (AvgIpc) is 3.22. The van der Waals surface area contributed by atoms with E-state index in [-0.39, 0.29) is 36.1 Å². The van der Waals surface area contributed by atoms with Crippen LogP contribution >= 0.6 is 11.6 Å². The fourth-order valence-electron chi connectivity index (χ4n) is 4.22. The van der Waals surface area contributed by atoms with Crippen LogP contribution in [0.25, 0.3) is 0 Å². The van der Waals surface area contributed by atoms with Gasteiger partial charge in [-0.15, -0.1) is 0 Å². The van der Waals surface area contributed by atoms with Crippen molar-refractivity contribution in [3.63, 3.8) is 0 Å². The van der Waals surface area contributed by atoms with E-state index in [0.29, 0.717) is 61.1 Å². The number of aromatic amines is 1. The molecule has 1 aromatic heterocycles. The zero-order valence-electron chi connectivity index (χ0n) is 21.4. The molecule has 2 aliphatic heterocycles. The maximum atomic E-state index is 14.7. The van der Waals surface area contributed by atoms with Gasteiger partial charge in [0.05, 0.1) is 23.5 Å². The largest absolute Gasteiger partial charge is 0.493 e. The molecule has 3 N–H and O–H groups in total. The standard InChI is InChI=1S/C27H31ClFN5O4/c1-17-26(28)21(33-32-17)16-34-12-4-8-25(35)31-15-19-20(29)6-3-7-22(19)38-23-10-9-18(14-24(23)37-2)27(36)30-11-5-13-34/h3,6-7,9-10,14H,4-5,8,11-13,15-16H2,1-2H3,(H,30,36)(H,31,35)(H,32,33). The van der Waals surface area contributed by atoms with E-state index in [1.165, 1.54) is 19.2 Å². The van der Waals surface area contributed by atoms with Gasteiger partial charge < -0.3 is 20.1 Å². The van der Waals surface area contributed by atoms with Crippen LogP contribution in [0.2, 0.25) is 5.02 Å². The zero-order chi connectivity index (χ0) is 27.1. The van der Waals surface area contributed by atoms with Crippen LogP contribution in [0.4, 0.5) is 4.39 Å². The van der Waals surface area contributed by atoms with E-state index in [1.54, 1.807) is 24.3 Å². The van der Waals surface area contributed by atoms with Crippen molar-refractivity contribution in [1.82, 2.24) is 25.7 Å². The van der Waals surface area contributed by atoms with Gasteiger partial charge in [0.2, 0.25) is 5.91 Å². The number of H-pyrrole nitrogens is 1. The van der Waals surface area contributed by atoms with E-state index in [2.05, 4.69) is 25.7 Å². The van der Waals surface area contributed by atoms with Crippen molar-refractivity contribution in [3.8, 4) is 17.2 Å². The van der Waals surface area contributed by atoms with Gasteiger partial charge in [0.1, 0.15) is 11.6 Å². The van der Waals surface area contributed by atoms with Gasteiger partial charge in [-0.25, -0.2) is 4.39 Å². The molecule has 0 atom stereocenters. The maximum absolute atomic E-state index is 14.7. The van der Waals surface area contributed by atoms with Crippen LogP contribution in [-0.4, -0.2) is 53.7 Å². The van der Waals surface area contributed by atoms with Gasteiger partial charge in [0.25, 0.3) is 5.91 Å². The highest BCUT2D eigenvalue weighted by molar-refractivity contribution is 6.31. The number of aromatic nitrogens is 2. The van der Waals surface area contributed by atoms with Crippen molar-refractivity contribution < 1.29 is 23.5 Å². The molecule has 2 bridgehead atoms. The predicted octanol–water partition coefficient (Wildman–Crippen LogP) is 4.34. The average molecular weight is 544 g/mol. The van der Waals surface area contributed by atoms with Crippen molar-refractivity contribution in [2.45, 2.75) is 39.3 Å². The van der Waals surface area contributed by atoms with Crippen LogP contribution in [0.5, 0.6) is 17.2 Å². The molecule has 3 aromatic rings. The summed E-state index contributed by atoms with van der Waals surface area (Å²) in [6, 6.07) is 9.26. The summed E-state index contributed by atoms with van der Waals surface area (Å²) < 4.78 is 26.1. The first-order valence-corrected chi connectivity index (χ1v) is 12.8. The van der Waals surface area contributed by atoms with Crippen LogP contribution in [0.3, 0.4) is 0 Å². The Bertz CT molecular complexity index is 1300. The second-order valence-electron chi connectivity index (χ2n) is 9.06. The second-order valence-corrected chi connectivity index (χ2v) is 9.44. The molecule has 0 unspecified atom stereocenters. The summed E-state index contributed by atoms with van der Waals surface area (Å²) in [5.41, 5.74) is 2.15. The van der Waals surface area contributed by atoms with Gasteiger partial charge >= 0.3 is 0 Å². The monoisotopic (exact) mass is 543 g/mol. The number of halogens is 2. The number of methoxy groups -OCH3 is 1. The normalized spacial score (nSPS) is 15.9. The highest BCUT2D eigenvalue weighted by Crippen LogP contribution is 2.34. The quantitative estimate of drug-likeness (QED) is 0.453. The molecule has 2 amide bonds. The van der Waals surface area contributed by atoms with Crippen LogP contribution in [0, 0.1) is 12.7 Å². The van der Waals surface area contributed by atoms with Crippen LogP contribution in [-0.2, 0) is 17.9 Å². The minimum absolute atomic E-state index is 0.0322. The first kappa shape index (κ1) is 27.4. The Morgan fingerprint density at radius 1 is 1.13 bits per heavy atom. The third-order valence-corrected chi connectivity index (χ3v) is 6.81. The Kier molecular flexibility index (Phi) is 9.19. The lowest BCUT2D eigenvalue weighted by molar-refractivity contribution is -0.121. The van der Waals surface area contributed by atoms with Crippen molar-refractivity contribution in [1.29, 1.82) is 0 Å². The number of aryl methyl sites for hydroxylation is 1. The number of carbonyl (C=O) groups is 2. The summed E-state index contributed by atoms with van der Waals surface area (Å²) in [6.45, 7) is 4.07. The molecule has 38 heavy (non-hydrogen) atoms. The fourth-order valence-corrected chi connectivity index (χ4v) is 4.36. The third-order valence-electron chi connectivity index (χ3n) is 6.31. The molecule has 0 fully saturated rings. The van der Waals surface area contributed by atoms with Crippen LogP contribution < -0.4 is 20.1 Å². The van der Waals surface area contributed by atoms with Crippen molar-refractivity contribution in [2.75, 3.05) is 26.7 Å². The number of ether oxygens (including phenoxy) is 2. The summed E-state index contributed by atoms with van der Waals surface area (Å²) in [6.07, 6.45) is 1.53. The summed E-state index contributed by atoms with van der Waals surface area (Å²) in [5, 5.41) is 13.5. The molecule has 3 heterocycles. The molecule has 5 rings (SSSR count). The fraction of sp³-hybridized carbons (Fsp3) is 0.370. The molecule has 0 radical (unpaired) electrons. The number of nitrogens with one attached hydrogen (secondary N) is 3. The maximum Gasteiger partial charge on any atom is 0.251 e. The number of benzene rings is 2. The first-order valence-electron chi connectivity index (χ1n) is 12.5. The summed E-state index contributed by atoms with van der Waals surface area (Å²) in [7, 11) is 1.47. The number of rotatable bonds is 3. The molecule has 2 aromatic carbocycles. The highest BCUT2D eigenvalue weighted by Gasteiger charge is 2.18. The molecule has 0 saturated carbocycles. The number of nitrogens with zero attached hydrogens (tertiary/aromatic N) is 2. The molecule has 9 nitrogen and oxygen atoms in total. The molecule has 0 saturated heterocycles. The molecule has 202 valence electrons. The van der Waals surface area contributed by atoms with E-state index in [4.69, 9.17) is 21.1 Å². The Labute approximate surface area is 225 Å². The summed E-state index contributed by atoms with van der Waals surface area (Å²) in [5.74, 6) is -0.0428. The predicted molar refractivity (Wildman–Crippen MR) is 141 cm³/mol. The Morgan fingerprint density at radius 2 is 1.95 bits per heavy atom. The molecular formula is C27H31ClFN5O4. The SMILES string of the molecule is COc1cc2ccc1Oc1cccc(F)c1CNC(=O)CCCN(Cc1n[nH]c(C)c1Cl)CCCNC2=O. The van der Waals surface area contributed by atoms with E-state index in [1.807, 2.05) is 6.92 Å².